The summed E-state index contributed by atoms with van der Waals surface area (Å²) < 4.78 is 0. The number of aromatic hydroxyl groups is 1. The summed E-state index contributed by atoms with van der Waals surface area (Å²) in [7, 11) is 0. The van der Waals surface area contributed by atoms with E-state index >= 15 is 0 Å². The van der Waals surface area contributed by atoms with Crippen molar-refractivity contribution < 1.29 is 19.5 Å². The number of anilines is 2. The van der Waals surface area contributed by atoms with Gasteiger partial charge >= 0.3 is 0 Å². The maximum atomic E-state index is 13.1. The van der Waals surface area contributed by atoms with Crippen LogP contribution in [0.25, 0.3) is 0 Å². The lowest BCUT2D eigenvalue weighted by Crippen LogP contribution is -2.30. The molecule has 0 fully saturated rings. The first kappa shape index (κ1) is 19.4. The standard InChI is InChI=1S/C24H20N2O4/c1-13-10-14(2)21(15(3)11-13)26-23(29)17-9-8-16(12-18(17)24(26)30)22(28)25-19-6-4-5-7-20(19)27/h4-12,27H,1-3H3,(H,25,28). The number of carbonyl (C=O) groups excluding carboxylic acids is 3. The van der Waals surface area contributed by atoms with Gasteiger partial charge in [0.2, 0.25) is 0 Å². The Kier molecular flexibility index (Phi) is 4.62. The van der Waals surface area contributed by atoms with Gasteiger partial charge in [-0.25, -0.2) is 4.90 Å². The minimum absolute atomic E-state index is 0.0604. The molecule has 0 atom stereocenters. The van der Waals surface area contributed by atoms with Crippen LogP contribution in [0.2, 0.25) is 0 Å². The molecule has 1 aliphatic rings. The number of amides is 3. The molecule has 4 rings (SSSR count). The molecule has 6 nitrogen and oxygen atoms in total. The average Bonchev–Trinajstić information content (AvgIpc) is 2.94. The molecular formula is C24H20N2O4. The monoisotopic (exact) mass is 400 g/mol. The van der Waals surface area contributed by atoms with Crippen molar-refractivity contribution in [3.05, 3.63) is 88.0 Å². The van der Waals surface area contributed by atoms with Crippen LogP contribution in [-0.2, 0) is 0 Å². The Hall–Kier alpha value is -3.93. The molecule has 1 heterocycles. The van der Waals surface area contributed by atoms with E-state index in [-0.39, 0.29) is 28.1 Å². The Bertz CT molecular complexity index is 1210. The van der Waals surface area contributed by atoms with Crippen molar-refractivity contribution in [2.24, 2.45) is 0 Å². The molecule has 0 bridgehead atoms. The molecule has 2 N–H and O–H groups in total. The number of aryl methyl sites for hydroxylation is 3. The number of hydrogen-bond acceptors (Lipinski definition) is 4. The summed E-state index contributed by atoms with van der Waals surface area (Å²) >= 11 is 0. The van der Waals surface area contributed by atoms with E-state index in [9.17, 15) is 19.5 Å². The van der Waals surface area contributed by atoms with Crippen LogP contribution in [0, 0.1) is 20.8 Å². The predicted molar refractivity (Wildman–Crippen MR) is 114 cm³/mol. The SMILES string of the molecule is Cc1cc(C)c(N2C(=O)c3ccc(C(=O)Nc4ccccc4O)cc3C2=O)c(C)c1. The van der Waals surface area contributed by atoms with Crippen LogP contribution < -0.4 is 10.2 Å². The quantitative estimate of drug-likeness (QED) is 0.505. The van der Waals surface area contributed by atoms with E-state index in [1.807, 2.05) is 32.9 Å². The number of benzene rings is 3. The summed E-state index contributed by atoms with van der Waals surface area (Å²) in [4.78, 5) is 39.9. The third-order valence-corrected chi connectivity index (χ3v) is 5.16. The molecule has 0 unspecified atom stereocenters. The van der Waals surface area contributed by atoms with Crippen molar-refractivity contribution >= 4 is 29.1 Å². The second kappa shape index (κ2) is 7.15. The number of nitrogens with zero attached hydrogens (tertiary/aromatic N) is 1. The second-order valence-electron chi connectivity index (χ2n) is 7.42. The zero-order chi connectivity index (χ0) is 21.6. The maximum Gasteiger partial charge on any atom is 0.266 e. The molecule has 0 aliphatic carbocycles. The lowest BCUT2D eigenvalue weighted by molar-refractivity contribution is 0.0925. The number of fused-ring (bicyclic) bond motifs is 1. The first-order valence-corrected chi connectivity index (χ1v) is 9.48. The van der Waals surface area contributed by atoms with Gasteiger partial charge in [-0.1, -0.05) is 29.8 Å². The summed E-state index contributed by atoms with van der Waals surface area (Å²) in [5.41, 5.74) is 4.22. The number of phenolic OH excluding ortho intramolecular Hbond substituents is 1. The van der Waals surface area contributed by atoms with Crippen LogP contribution in [0.15, 0.2) is 54.6 Å². The summed E-state index contributed by atoms with van der Waals surface area (Å²) in [5.74, 6) is -1.41. The van der Waals surface area contributed by atoms with E-state index in [4.69, 9.17) is 0 Å². The molecule has 0 radical (unpaired) electrons. The first-order chi connectivity index (χ1) is 14.3. The lowest BCUT2D eigenvalue weighted by atomic mass is 10.0. The van der Waals surface area contributed by atoms with Crippen molar-refractivity contribution in [3.8, 4) is 5.75 Å². The summed E-state index contributed by atoms with van der Waals surface area (Å²) in [6, 6.07) is 14.6. The molecule has 3 aromatic carbocycles. The number of nitrogens with one attached hydrogen (secondary N) is 1. The van der Waals surface area contributed by atoms with Crippen molar-refractivity contribution in [1.29, 1.82) is 0 Å². The molecule has 30 heavy (non-hydrogen) atoms. The summed E-state index contributed by atoms with van der Waals surface area (Å²) in [6.07, 6.45) is 0. The van der Waals surface area contributed by atoms with Crippen molar-refractivity contribution in [2.45, 2.75) is 20.8 Å². The van der Waals surface area contributed by atoms with E-state index < -0.39 is 17.7 Å². The van der Waals surface area contributed by atoms with Gasteiger partial charge in [-0.3, -0.25) is 14.4 Å². The van der Waals surface area contributed by atoms with Crippen molar-refractivity contribution in [2.75, 3.05) is 10.2 Å². The average molecular weight is 400 g/mol. The molecule has 0 saturated heterocycles. The van der Waals surface area contributed by atoms with Crippen LogP contribution in [0.1, 0.15) is 47.8 Å². The number of carbonyl (C=O) groups is 3. The Morgan fingerprint density at radius 1 is 0.867 bits per heavy atom. The van der Waals surface area contributed by atoms with Crippen LogP contribution in [0.5, 0.6) is 5.75 Å². The highest BCUT2D eigenvalue weighted by Crippen LogP contribution is 2.34. The van der Waals surface area contributed by atoms with Gasteiger partial charge in [-0.2, -0.15) is 0 Å². The van der Waals surface area contributed by atoms with Gasteiger partial charge in [0.1, 0.15) is 5.75 Å². The van der Waals surface area contributed by atoms with Gasteiger partial charge < -0.3 is 10.4 Å². The number of phenols is 1. The fourth-order valence-corrected chi connectivity index (χ4v) is 3.88. The number of para-hydroxylation sites is 2. The summed E-state index contributed by atoms with van der Waals surface area (Å²) in [6.45, 7) is 5.69. The number of imide groups is 1. The van der Waals surface area contributed by atoms with Gasteiger partial charge in [0.25, 0.3) is 17.7 Å². The van der Waals surface area contributed by atoms with Gasteiger partial charge in [-0.15, -0.1) is 0 Å². The molecule has 150 valence electrons. The van der Waals surface area contributed by atoms with E-state index in [1.165, 1.54) is 29.2 Å². The molecule has 3 amide bonds. The fraction of sp³-hybridized carbons (Fsp3) is 0.125. The lowest BCUT2D eigenvalue weighted by Gasteiger charge is -2.20. The maximum absolute atomic E-state index is 13.1. The Morgan fingerprint density at radius 3 is 2.17 bits per heavy atom. The second-order valence-corrected chi connectivity index (χ2v) is 7.42. The van der Waals surface area contributed by atoms with Gasteiger partial charge in [0, 0.05) is 5.56 Å². The van der Waals surface area contributed by atoms with Crippen molar-refractivity contribution in [3.63, 3.8) is 0 Å². The number of rotatable bonds is 3. The summed E-state index contributed by atoms with van der Waals surface area (Å²) in [5, 5.41) is 12.5. The van der Waals surface area contributed by atoms with Crippen LogP contribution in [0.4, 0.5) is 11.4 Å². The van der Waals surface area contributed by atoms with E-state index in [2.05, 4.69) is 5.32 Å². The molecular weight excluding hydrogens is 380 g/mol. The van der Waals surface area contributed by atoms with Crippen LogP contribution >= 0.6 is 0 Å². The number of hydrogen-bond donors (Lipinski definition) is 2. The third-order valence-electron chi connectivity index (χ3n) is 5.16. The first-order valence-electron chi connectivity index (χ1n) is 9.48. The zero-order valence-corrected chi connectivity index (χ0v) is 16.8. The topological polar surface area (TPSA) is 86.7 Å². The molecule has 0 spiro atoms. The van der Waals surface area contributed by atoms with Crippen LogP contribution in [0.3, 0.4) is 0 Å². The molecule has 6 heteroatoms. The molecule has 0 aromatic heterocycles. The smallest absolute Gasteiger partial charge is 0.266 e. The van der Waals surface area contributed by atoms with E-state index in [0.717, 1.165) is 16.7 Å². The molecule has 0 saturated carbocycles. The Balaban J connectivity index is 1.69. The highest BCUT2D eigenvalue weighted by Gasteiger charge is 2.38. The van der Waals surface area contributed by atoms with Gasteiger partial charge in [-0.05, 0) is 62.2 Å². The van der Waals surface area contributed by atoms with Gasteiger partial charge in [0.15, 0.2) is 0 Å². The fourth-order valence-electron chi connectivity index (χ4n) is 3.88. The van der Waals surface area contributed by atoms with E-state index in [1.54, 1.807) is 18.2 Å². The normalized spacial score (nSPS) is 12.8. The van der Waals surface area contributed by atoms with Gasteiger partial charge in [0.05, 0.1) is 22.5 Å². The highest BCUT2D eigenvalue weighted by molar-refractivity contribution is 6.35. The van der Waals surface area contributed by atoms with Crippen LogP contribution in [-0.4, -0.2) is 22.8 Å². The largest absolute Gasteiger partial charge is 0.506 e. The molecule has 3 aromatic rings. The highest BCUT2D eigenvalue weighted by atomic mass is 16.3. The van der Waals surface area contributed by atoms with Crippen molar-refractivity contribution in [1.82, 2.24) is 0 Å². The minimum atomic E-state index is -0.485. The third kappa shape index (κ3) is 3.12. The Labute approximate surface area is 173 Å². The molecule has 1 aliphatic heterocycles. The van der Waals surface area contributed by atoms with E-state index in [0.29, 0.717) is 5.69 Å². The zero-order valence-electron chi connectivity index (χ0n) is 16.8. The predicted octanol–water partition coefficient (Wildman–Crippen LogP) is 4.37. The Morgan fingerprint density at radius 2 is 1.50 bits per heavy atom. The minimum Gasteiger partial charge on any atom is -0.506 e.